The maximum Gasteiger partial charge on any atom is 0.379 e. The fourth-order valence-electron chi connectivity index (χ4n) is 3.12. The number of rotatable bonds is 9. The molecular weight excluding hydrogens is 438 g/mol. The number of hydrogen-bond acceptors (Lipinski definition) is 8. The zero-order valence-electron chi connectivity index (χ0n) is 18.8. The van der Waals surface area contributed by atoms with Crippen molar-refractivity contribution >= 4 is 23.9 Å². The Balaban J connectivity index is 1.49. The lowest BCUT2D eigenvalue weighted by Gasteiger charge is -2.09. The summed E-state index contributed by atoms with van der Waals surface area (Å²) < 4.78 is 26.7. The molecule has 0 N–H and O–H groups in total. The summed E-state index contributed by atoms with van der Waals surface area (Å²) in [5.74, 6) is 0.346. The molecule has 0 atom stereocenters. The Morgan fingerprint density at radius 3 is 2.62 bits per heavy atom. The van der Waals surface area contributed by atoms with Crippen molar-refractivity contribution in [2.45, 2.75) is 19.8 Å². The Hall–Kier alpha value is -4.33. The van der Waals surface area contributed by atoms with E-state index in [4.69, 9.17) is 23.4 Å². The van der Waals surface area contributed by atoms with Crippen molar-refractivity contribution in [3.8, 4) is 17.2 Å². The molecule has 2 heterocycles. The topological polar surface area (TPSA) is 96.6 Å². The summed E-state index contributed by atoms with van der Waals surface area (Å²) in [5, 5.41) is 0. The van der Waals surface area contributed by atoms with Crippen LogP contribution < -0.4 is 14.2 Å². The van der Waals surface area contributed by atoms with Crippen LogP contribution in [-0.4, -0.2) is 31.6 Å². The summed E-state index contributed by atoms with van der Waals surface area (Å²) in [6.45, 7) is 2.76. The molecule has 0 fully saturated rings. The van der Waals surface area contributed by atoms with Crippen LogP contribution in [0.1, 0.15) is 41.4 Å². The number of ether oxygens (including phenoxy) is 4. The van der Waals surface area contributed by atoms with Crippen LogP contribution >= 0.6 is 0 Å². The third-order valence-electron chi connectivity index (χ3n) is 4.90. The maximum atomic E-state index is 12.4. The lowest BCUT2D eigenvalue weighted by molar-refractivity contribution is -0.129. The number of carbonyl (C=O) groups excluding carboxylic acids is 2. The highest BCUT2D eigenvalue weighted by Gasteiger charge is 2.24. The molecule has 0 saturated carbocycles. The van der Waals surface area contributed by atoms with Crippen molar-refractivity contribution in [3.63, 3.8) is 0 Å². The van der Waals surface area contributed by atoms with Crippen LogP contribution in [-0.2, 0) is 9.53 Å². The zero-order valence-corrected chi connectivity index (χ0v) is 18.8. The van der Waals surface area contributed by atoms with Gasteiger partial charge in [-0.25, -0.2) is 14.6 Å². The molecule has 1 aliphatic heterocycles. The minimum Gasteiger partial charge on any atom is -0.494 e. The van der Waals surface area contributed by atoms with Gasteiger partial charge in [-0.15, -0.1) is 0 Å². The lowest BCUT2D eigenvalue weighted by Crippen LogP contribution is -2.08. The third-order valence-corrected chi connectivity index (χ3v) is 4.90. The van der Waals surface area contributed by atoms with Gasteiger partial charge in [0.05, 0.1) is 20.0 Å². The molecule has 0 saturated heterocycles. The fourth-order valence-corrected chi connectivity index (χ4v) is 3.12. The van der Waals surface area contributed by atoms with Crippen LogP contribution in [0.25, 0.3) is 6.08 Å². The second-order valence-electron chi connectivity index (χ2n) is 7.34. The van der Waals surface area contributed by atoms with E-state index in [-0.39, 0.29) is 23.1 Å². The molecule has 0 spiro atoms. The summed E-state index contributed by atoms with van der Waals surface area (Å²) in [7, 11) is 1.45. The molecule has 0 bridgehead atoms. The lowest BCUT2D eigenvalue weighted by atomic mass is 10.1. The molecule has 1 aromatic heterocycles. The van der Waals surface area contributed by atoms with Crippen LogP contribution in [0.3, 0.4) is 0 Å². The zero-order chi connectivity index (χ0) is 23.9. The van der Waals surface area contributed by atoms with E-state index >= 15 is 0 Å². The van der Waals surface area contributed by atoms with E-state index in [9.17, 15) is 9.59 Å². The normalized spacial score (nSPS) is 14.0. The average Bonchev–Trinajstić information content (AvgIpc) is 3.51. The van der Waals surface area contributed by atoms with Gasteiger partial charge in [-0.05, 0) is 66.6 Å². The van der Waals surface area contributed by atoms with Gasteiger partial charge in [0.1, 0.15) is 5.75 Å². The van der Waals surface area contributed by atoms with E-state index in [2.05, 4.69) is 11.9 Å². The minimum atomic E-state index is -0.648. The summed E-state index contributed by atoms with van der Waals surface area (Å²) in [4.78, 5) is 28.8. The maximum absolute atomic E-state index is 12.4. The highest BCUT2D eigenvalue weighted by molar-refractivity contribution is 6.12. The second kappa shape index (κ2) is 10.5. The van der Waals surface area contributed by atoms with E-state index in [1.165, 1.54) is 19.4 Å². The highest BCUT2D eigenvalue weighted by Crippen LogP contribution is 2.30. The average molecular weight is 461 g/mol. The summed E-state index contributed by atoms with van der Waals surface area (Å²) in [6, 6.07) is 15.2. The molecular formula is C26H23NO7. The van der Waals surface area contributed by atoms with Crippen LogP contribution in [0.5, 0.6) is 17.2 Å². The number of hydrogen-bond donors (Lipinski definition) is 0. The molecule has 0 radical (unpaired) electrons. The van der Waals surface area contributed by atoms with Gasteiger partial charge in [-0.1, -0.05) is 19.4 Å². The van der Waals surface area contributed by atoms with Crippen LogP contribution in [0.2, 0.25) is 0 Å². The first-order valence-electron chi connectivity index (χ1n) is 10.8. The van der Waals surface area contributed by atoms with E-state index in [0.29, 0.717) is 23.5 Å². The van der Waals surface area contributed by atoms with Gasteiger partial charge in [0.25, 0.3) is 0 Å². The highest BCUT2D eigenvalue weighted by atomic mass is 16.6. The number of esters is 2. The van der Waals surface area contributed by atoms with Gasteiger partial charge in [-0.3, -0.25) is 0 Å². The third kappa shape index (κ3) is 5.35. The Bertz CT molecular complexity index is 1220. The summed E-state index contributed by atoms with van der Waals surface area (Å²) in [6.07, 6.45) is 5.00. The molecule has 0 unspecified atom stereocenters. The van der Waals surface area contributed by atoms with Crippen LogP contribution in [0.15, 0.2) is 76.0 Å². The van der Waals surface area contributed by atoms with Gasteiger partial charge in [0.15, 0.2) is 17.2 Å². The molecule has 8 nitrogen and oxygen atoms in total. The Morgan fingerprint density at radius 2 is 1.91 bits per heavy atom. The Kier molecular flexibility index (Phi) is 7.07. The number of furan rings is 1. The first-order valence-corrected chi connectivity index (χ1v) is 10.8. The summed E-state index contributed by atoms with van der Waals surface area (Å²) >= 11 is 0. The molecule has 0 aliphatic carbocycles. The SMILES string of the molecule is CCCCOc1ccc(C2=N/C(=C/c3ccc(OC(=O)c4ccco4)c(OC)c3)C(=O)O2)cc1. The van der Waals surface area contributed by atoms with Gasteiger partial charge in [0, 0.05) is 5.56 Å². The number of nitrogens with zero attached hydrogens (tertiary/aromatic N) is 1. The Morgan fingerprint density at radius 1 is 1.09 bits per heavy atom. The van der Waals surface area contributed by atoms with E-state index in [1.54, 1.807) is 42.5 Å². The van der Waals surface area contributed by atoms with Gasteiger partial charge >= 0.3 is 11.9 Å². The van der Waals surface area contributed by atoms with E-state index < -0.39 is 11.9 Å². The monoisotopic (exact) mass is 461 g/mol. The van der Waals surface area contributed by atoms with Crippen molar-refractivity contribution in [3.05, 3.63) is 83.4 Å². The number of carbonyl (C=O) groups is 2. The molecule has 2 aromatic carbocycles. The number of unbranched alkanes of at least 4 members (excludes halogenated alkanes) is 1. The molecule has 174 valence electrons. The predicted molar refractivity (Wildman–Crippen MR) is 124 cm³/mol. The number of methoxy groups -OCH3 is 1. The largest absolute Gasteiger partial charge is 0.494 e. The van der Waals surface area contributed by atoms with Crippen LogP contribution in [0, 0.1) is 0 Å². The standard InChI is InChI=1S/C26H23NO7/c1-3-4-13-31-19-10-8-18(9-11-19)24-27-20(25(28)34-24)15-17-7-12-21(23(16-17)30-2)33-26(29)22-6-5-14-32-22/h5-12,14-16H,3-4,13H2,1-2H3/b20-15+. The molecule has 3 aromatic rings. The summed E-state index contributed by atoms with van der Waals surface area (Å²) in [5.41, 5.74) is 1.42. The molecule has 8 heteroatoms. The quantitative estimate of drug-likeness (QED) is 0.191. The molecule has 34 heavy (non-hydrogen) atoms. The number of benzene rings is 2. The Labute approximate surface area is 196 Å². The molecule has 0 amide bonds. The first kappa shape index (κ1) is 22.8. The second-order valence-corrected chi connectivity index (χ2v) is 7.34. The van der Waals surface area contributed by atoms with Gasteiger partial charge in [-0.2, -0.15) is 0 Å². The number of cyclic esters (lactones) is 1. The van der Waals surface area contributed by atoms with Gasteiger partial charge in [0.2, 0.25) is 11.7 Å². The van der Waals surface area contributed by atoms with Crippen molar-refractivity contribution in [2.24, 2.45) is 4.99 Å². The van der Waals surface area contributed by atoms with E-state index in [1.807, 2.05) is 12.1 Å². The fraction of sp³-hybridized carbons (Fsp3) is 0.192. The van der Waals surface area contributed by atoms with Gasteiger partial charge < -0.3 is 23.4 Å². The molecule has 4 rings (SSSR count). The number of aliphatic imine (C=N–C) groups is 1. The predicted octanol–water partition coefficient (Wildman–Crippen LogP) is 5.03. The van der Waals surface area contributed by atoms with Crippen molar-refractivity contribution in [1.29, 1.82) is 0 Å². The van der Waals surface area contributed by atoms with E-state index in [0.717, 1.165) is 18.6 Å². The molecule has 1 aliphatic rings. The first-order chi connectivity index (χ1) is 16.6. The van der Waals surface area contributed by atoms with Crippen molar-refractivity contribution in [2.75, 3.05) is 13.7 Å². The van der Waals surface area contributed by atoms with Crippen molar-refractivity contribution in [1.82, 2.24) is 0 Å². The minimum absolute atomic E-state index is 0.0735. The van der Waals surface area contributed by atoms with Crippen LogP contribution in [0.4, 0.5) is 0 Å². The smallest absolute Gasteiger partial charge is 0.379 e. The van der Waals surface area contributed by atoms with Crippen molar-refractivity contribution < 1.29 is 33.0 Å².